The minimum absolute atomic E-state index is 0.00354. The van der Waals surface area contributed by atoms with Gasteiger partial charge in [0.05, 0.1) is 6.04 Å². The molecule has 2 fully saturated rings. The van der Waals surface area contributed by atoms with Gasteiger partial charge in [-0.1, -0.05) is 32.6 Å². The summed E-state index contributed by atoms with van der Waals surface area (Å²) in [6.45, 7) is 1.97. The lowest BCUT2D eigenvalue weighted by Gasteiger charge is -2.21. The molecule has 1 saturated carbocycles. The van der Waals surface area contributed by atoms with Gasteiger partial charge in [0.15, 0.2) is 5.78 Å². The summed E-state index contributed by atoms with van der Waals surface area (Å²) in [7, 11) is 0. The van der Waals surface area contributed by atoms with Crippen LogP contribution in [0.4, 0.5) is 0 Å². The fourth-order valence-electron chi connectivity index (χ4n) is 2.90. The van der Waals surface area contributed by atoms with Gasteiger partial charge in [-0.15, -0.1) is 0 Å². The summed E-state index contributed by atoms with van der Waals surface area (Å²) in [6.07, 6.45) is 6.56. The molecule has 100 valence electrons. The molecule has 0 aromatic rings. The maximum absolute atomic E-state index is 12.1. The van der Waals surface area contributed by atoms with E-state index in [2.05, 4.69) is 5.32 Å². The van der Waals surface area contributed by atoms with Gasteiger partial charge in [-0.25, -0.2) is 0 Å². The molecule has 1 aliphatic heterocycles. The van der Waals surface area contributed by atoms with Gasteiger partial charge in [0.1, 0.15) is 11.3 Å². The minimum atomic E-state index is -0.428. The number of hydrogen-bond donors (Lipinski definition) is 2. The number of nitrogens with one attached hydrogen (secondary N) is 1. The Hall–Kier alpha value is -1.32. The summed E-state index contributed by atoms with van der Waals surface area (Å²) in [5, 5.41) is 12.9. The van der Waals surface area contributed by atoms with Crippen molar-refractivity contribution in [1.29, 1.82) is 0 Å². The van der Waals surface area contributed by atoms with Crippen LogP contribution in [0.25, 0.3) is 0 Å². The quantitative estimate of drug-likeness (QED) is 0.459. The van der Waals surface area contributed by atoms with Crippen LogP contribution in [-0.2, 0) is 9.59 Å². The molecule has 2 rings (SSSR count). The first-order valence-electron chi connectivity index (χ1n) is 6.93. The predicted octanol–water partition coefficient (Wildman–Crippen LogP) is 2.25. The van der Waals surface area contributed by atoms with Crippen molar-refractivity contribution in [2.24, 2.45) is 5.92 Å². The Morgan fingerprint density at radius 2 is 1.94 bits per heavy atom. The molecule has 1 aliphatic carbocycles. The molecule has 0 radical (unpaired) electrons. The second-order valence-electron chi connectivity index (χ2n) is 5.27. The van der Waals surface area contributed by atoms with Crippen LogP contribution in [0.5, 0.6) is 0 Å². The van der Waals surface area contributed by atoms with Crippen molar-refractivity contribution in [2.45, 2.75) is 57.9 Å². The molecular formula is C14H21NO3. The van der Waals surface area contributed by atoms with E-state index < -0.39 is 6.04 Å². The summed E-state index contributed by atoms with van der Waals surface area (Å²) in [4.78, 5) is 23.9. The van der Waals surface area contributed by atoms with Gasteiger partial charge in [0, 0.05) is 5.92 Å². The van der Waals surface area contributed by atoms with E-state index in [9.17, 15) is 14.7 Å². The second kappa shape index (κ2) is 5.55. The maximum Gasteiger partial charge on any atom is 0.259 e. The highest BCUT2D eigenvalue weighted by molar-refractivity contribution is 6.26. The number of hydrogen-bond acceptors (Lipinski definition) is 3. The predicted molar refractivity (Wildman–Crippen MR) is 68.1 cm³/mol. The van der Waals surface area contributed by atoms with E-state index in [1.165, 1.54) is 6.42 Å². The molecule has 4 heteroatoms. The van der Waals surface area contributed by atoms with E-state index in [1.807, 2.05) is 6.92 Å². The summed E-state index contributed by atoms with van der Waals surface area (Å²) in [6, 6.07) is -0.428. The molecule has 1 amide bonds. The Morgan fingerprint density at radius 3 is 2.56 bits per heavy atom. The number of amides is 1. The normalized spacial score (nSPS) is 28.4. The van der Waals surface area contributed by atoms with Crippen molar-refractivity contribution in [2.75, 3.05) is 0 Å². The zero-order valence-electron chi connectivity index (χ0n) is 10.9. The SMILES string of the molecule is CCCC1NC(=O)/C(=C(\O)C2CCCCC2)C1=O. The molecule has 2 aliphatic rings. The van der Waals surface area contributed by atoms with Gasteiger partial charge in [-0.3, -0.25) is 9.59 Å². The summed E-state index contributed by atoms with van der Waals surface area (Å²) in [5.74, 6) is -0.564. The van der Waals surface area contributed by atoms with E-state index in [-0.39, 0.29) is 28.9 Å². The highest BCUT2D eigenvalue weighted by Gasteiger charge is 2.39. The third kappa shape index (κ3) is 2.42. The van der Waals surface area contributed by atoms with Crippen molar-refractivity contribution in [3.63, 3.8) is 0 Å². The van der Waals surface area contributed by atoms with E-state index in [0.717, 1.165) is 32.1 Å². The molecule has 1 saturated heterocycles. The Kier molecular flexibility index (Phi) is 4.04. The van der Waals surface area contributed by atoms with Crippen LogP contribution < -0.4 is 5.32 Å². The number of aliphatic hydroxyl groups excluding tert-OH is 1. The Bertz CT molecular complexity index is 381. The molecule has 0 bridgehead atoms. The molecule has 0 aromatic heterocycles. The summed E-state index contributed by atoms with van der Waals surface area (Å²) < 4.78 is 0. The van der Waals surface area contributed by atoms with Crippen LogP contribution in [-0.4, -0.2) is 22.8 Å². The molecule has 18 heavy (non-hydrogen) atoms. The lowest BCUT2D eigenvalue weighted by Crippen LogP contribution is -2.28. The third-order valence-corrected chi connectivity index (χ3v) is 3.92. The van der Waals surface area contributed by atoms with Crippen LogP contribution in [0.2, 0.25) is 0 Å². The van der Waals surface area contributed by atoms with Crippen molar-refractivity contribution in [3.05, 3.63) is 11.3 Å². The lowest BCUT2D eigenvalue weighted by molar-refractivity contribution is -0.117. The van der Waals surface area contributed by atoms with Crippen molar-refractivity contribution in [3.8, 4) is 0 Å². The molecule has 1 heterocycles. The molecule has 1 unspecified atom stereocenters. The molecule has 0 aromatic carbocycles. The number of Topliss-reactive ketones (excluding diaryl/α,β-unsaturated/α-hetero) is 1. The van der Waals surface area contributed by atoms with Gasteiger partial charge in [0.2, 0.25) is 0 Å². The fourth-order valence-corrected chi connectivity index (χ4v) is 2.90. The molecule has 0 spiro atoms. The number of ketones is 1. The number of allylic oxidation sites excluding steroid dienone is 1. The Balaban J connectivity index is 2.19. The minimum Gasteiger partial charge on any atom is -0.511 e. The first kappa shape index (κ1) is 13.1. The monoisotopic (exact) mass is 251 g/mol. The van der Waals surface area contributed by atoms with E-state index in [4.69, 9.17) is 0 Å². The number of carbonyl (C=O) groups excluding carboxylic acids is 2. The first-order valence-corrected chi connectivity index (χ1v) is 6.93. The topological polar surface area (TPSA) is 66.4 Å². The molecule has 1 atom stereocenters. The third-order valence-electron chi connectivity index (χ3n) is 3.92. The zero-order chi connectivity index (χ0) is 13.1. The second-order valence-corrected chi connectivity index (χ2v) is 5.27. The Labute approximate surface area is 107 Å². The van der Waals surface area contributed by atoms with Crippen molar-refractivity contribution < 1.29 is 14.7 Å². The lowest BCUT2D eigenvalue weighted by atomic mass is 9.85. The summed E-state index contributed by atoms with van der Waals surface area (Å²) in [5.41, 5.74) is 0.0281. The molecule has 4 nitrogen and oxygen atoms in total. The van der Waals surface area contributed by atoms with Gasteiger partial charge >= 0.3 is 0 Å². The van der Waals surface area contributed by atoms with Gasteiger partial charge in [0.25, 0.3) is 5.91 Å². The van der Waals surface area contributed by atoms with Gasteiger partial charge in [-0.05, 0) is 19.3 Å². The molecule has 2 N–H and O–H groups in total. The number of aliphatic hydroxyl groups is 1. The Morgan fingerprint density at radius 1 is 1.28 bits per heavy atom. The van der Waals surface area contributed by atoms with Crippen molar-refractivity contribution >= 4 is 11.7 Å². The van der Waals surface area contributed by atoms with Crippen LogP contribution in [0.15, 0.2) is 11.3 Å². The number of rotatable bonds is 3. The average Bonchev–Trinajstić information content (AvgIpc) is 2.65. The van der Waals surface area contributed by atoms with Gasteiger partial charge < -0.3 is 10.4 Å². The van der Waals surface area contributed by atoms with Crippen LogP contribution >= 0.6 is 0 Å². The van der Waals surface area contributed by atoms with Crippen LogP contribution in [0, 0.1) is 5.92 Å². The molecular weight excluding hydrogens is 230 g/mol. The van der Waals surface area contributed by atoms with E-state index >= 15 is 0 Å². The van der Waals surface area contributed by atoms with Crippen LogP contribution in [0.3, 0.4) is 0 Å². The maximum atomic E-state index is 12.1. The first-order chi connectivity index (χ1) is 8.65. The fraction of sp³-hybridized carbons (Fsp3) is 0.714. The number of carbonyl (C=O) groups is 2. The average molecular weight is 251 g/mol. The smallest absolute Gasteiger partial charge is 0.259 e. The summed E-state index contributed by atoms with van der Waals surface area (Å²) >= 11 is 0. The van der Waals surface area contributed by atoms with E-state index in [0.29, 0.717) is 6.42 Å². The van der Waals surface area contributed by atoms with Crippen molar-refractivity contribution in [1.82, 2.24) is 5.32 Å². The standard InChI is InChI=1S/C14H21NO3/c1-2-6-10-13(17)11(14(18)15-10)12(16)9-7-4-3-5-8-9/h9-10,16H,2-8H2,1H3,(H,15,18)/b12-11-. The highest BCUT2D eigenvalue weighted by Crippen LogP contribution is 2.31. The largest absolute Gasteiger partial charge is 0.511 e. The van der Waals surface area contributed by atoms with E-state index in [1.54, 1.807) is 0 Å². The zero-order valence-corrected chi connectivity index (χ0v) is 10.9. The highest BCUT2D eigenvalue weighted by atomic mass is 16.3. The van der Waals surface area contributed by atoms with Crippen LogP contribution in [0.1, 0.15) is 51.9 Å². The van der Waals surface area contributed by atoms with Gasteiger partial charge in [-0.2, -0.15) is 0 Å².